The number of aromatic carboxylic acids is 1. The summed E-state index contributed by atoms with van der Waals surface area (Å²) >= 11 is 0. The third kappa shape index (κ3) is 3.89. The molecule has 18 heavy (non-hydrogen) atoms. The molecular weight excluding hydrogens is 236 g/mol. The van der Waals surface area contributed by atoms with Crippen LogP contribution in [0.3, 0.4) is 0 Å². The molecule has 0 aliphatic carbocycles. The van der Waals surface area contributed by atoms with Crippen LogP contribution in [0.2, 0.25) is 0 Å². The van der Waals surface area contributed by atoms with Crippen molar-refractivity contribution in [2.45, 2.75) is 13.5 Å². The van der Waals surface area contributed by atoms with Gasteiger partial charge in [-0.15, -0.1) is 0 Å². The molecule has 1 aromatic rings. The fourth-order valence-electron chi connectivity index (χ4n) is 1.41. The van der Waals surface area contributed by atoms with Crippen LogP contribution in [0.1, 0.15) is 23.0 Å². The number of hydrogen-bond acceptors (Lipinski definition) is 4. The van der Waals surface area contributed by atoms with E-state index in [4.69, 9.17) is 9.52 Å². The van der Waals surface area contributed by atoms with Crippen molar-refractivity contribution in [3.63, 3.8) is 0 Å². The van der Waals surface area contributed by atoms with E-state index in [-0.39, 0.29) is 18.0 Å². The van der Waals surface area contributed by atoms with E-state index in [0.717, 1.165) is 0 Å². The summed E-state index contributed by atoms with van der Waals surface area (Å²) in [6.07, 6.45) is 1.21. The number of likely N-dealkylation sites (N-methyl/N-ethyl adjacent to an activating group) is 2. The van der Waals surface area contributed by atoms with Crippen molar-refractivity contribution in [2.75, 3.05) is 27.2 Å². The Morgan fingerprint density at radius 2 is 2.06 bits per heavy atom. The maximum absolute atomic E-state index is 11.6. The van der Waals surface area contributed by atoms with E-state index >= 15 is 0 Å². The van der Waals surface area contributed by atoms with Gasteiger partial charge in [0, 0.05) is 14.1 Å². The van der Waals surface area contributed by atoms with Crippen LogP contribution in [0, 0.1) is 0 Å². The highest BCUT2D eigenvalue weighted by atomic mass is 16.4. The van der Waals surface area contributed by atoms with Crippen LogP contribution in [-0.4, -0.2) is 54.0 Å². The molecule has 0 aromatic carbocycles. The summed E-state index contributed by atoms with van der Waals surface area (Å²) in [6, 6.07) is 1.48. The maximum Gasteiger partial charge on any atom is 0.338 e. The van der Waals surface area contributed by atoms with Gasteiger partial charge in [-0.05, 0) is 12.6 Å². The monoisotopic (exact) mass is 254 g/mol. The fraction of sp³-hybridized carbons (Fsp3) is 0.500. The molecule has 0 spiro atoms. The second kappa shape index (κ2) is 6.20. The summed E-state index contributed by atoms with van der Waals surface area (Å²) in [7, 11) is 3.40. The van der Waals surface area contributed by atoms with Crippen molar-refractivity contribution in [1.82, 2.24) is 9.80 Å². The average molecular weight is 254 g/mol. The highest BCUT2D eigenvalue weighted by Gasteiger charge is 2.14. The molecular formula is C12H18N2O4. The zero-order valence-electron chi connectivity index (χ0n) is 10.8. The van der Waals surface area contributed by atoms with Gasteiger partial charge in [-0.1, -0.05) is 6.92 Å². The van der Waals surface area contributed by atoms with Gasteiger partial charge in [0.15, 0.2) is 0 Å². The van der Waals surface area contributed by atoms with Crippen molar-refractivity contribution in [2.24, 2.45) is 0 Å². The Bertz CT molecular complexity index is 425. The first-order valence-corrected chi connectivity index (χ1v) is 5.67. The van der Waals surface area contributed by atoms with Crippen molar-refractivity contribution in [3.8, 4) is 0 Å². The first-order chi connectivity index (χ1) is 8.43. The summed E-state index contributed by atoms with van der Waals surface area (Å²) in [5, 5.41) is 8.77. The Balaban J connectivity index is 2.62. The summed E-state index contributed by atoms with van der Waals surface area (Å²) in [6.45, 7) is 3.32. The van der Waals surface area contributed by atoms with Gasteiger partial charge in [0.25, 0.3) is 0 Å². The molecule has 6 heteroatoms. The van der Waals surface area contributed by atoms with Gasteiger partial charge >= 0.3 is 5.97 Å². The minimum Gasteiger partial charge on any atom is -0.478 e. The van der Waals surface area contributed by atoms with Crippen molar-refractivity contribution in [3.05, 3.63) is 23.7 Å². The first-order valence-electron chi connectivity index (χ1n) is 5.67. The molecule has 1 heterocycles. The Labute approximate surface area is 106 Å². The minimum absolute atomic E-state index is 0.00173. The maximum atomic E-state index is 11.6. The van der Waals surface area contributed by atoms with Gasteiger partial charge in [-0.2, -0.15) is 0 Å². The second-order valence-electron chi connectivity index (χ2n) is 4.20. The Morgan fingerprint density at radius 3 is 2.50 bits per heavy atom. The third-order valence-electron chi connectivity index (χ3n) is 2.59. The number of carboxylic acids is 1. The van der Waals surface area contributed by atoms with E-state index in [0.29, 0.717) is 18.8 Å². The summed E-state index contributed by atoms with van der Waals surface area (Å²) in [5.41, 5.74) is 0.125. The fourth-order valence-corrected chi connectivity index (χ4v) is 1.41. The minimum atomic E-state index is -1.02. The predicted molar refractivity (Wildman–Crippen MR) is 65.3 cm³/mol. The van der Waals surface area contributed by atoms with E-state index in [9.17, 15) is 9.59 Å². The second-order valence-corrected chi connectivity index (χ2v) is 4.20. The molecule has 1 aromatic heterocycles. The molecule has 0 fully saturated rings. The van der Waals surface area contributed by atoms with Gasteiger partial charge in [0.05, 0.1) is 18.7 Å². The van der Waals surface area contributed by atoms with Crippen molar-refractivity contribution < 1.29 is 19.1 Å². The number of carboxylic acid groups (broad SMARTS) is 1. The Morgan fingerprint density at radius 1 is 1.39 bits per heavy atom. The van der Waals surface area contributed by atoms with Crippen LogP contribution >= 0.6 is 0 Å². The highest BCUT2D eigenvalue weighted by Crippen LogP contribution is 2.10. The molecule has 0 saturated carbocycles. The molecule has 0 bridgehead atoms. The lowest BCUT2D eigenvalue weighted by Gasteiger charge is -2.20. The Hall–Kier alpha value is -1.82. The number of hydrogen-bond donors (Lipinski definition) is 1. The molecule has 0 saturated heterocycles. The molecule has 6 nitrogen and oxygen atoms in total. The third-order valence-corrected chi connectivity index (χ3v) is 2.59. The quantitative estimate of drug-likeness (QED) is 0.816. The summed E-state index contributed by atoms with van der Waals surface area (Å²) in [5.74, 6) is -0.472. The van der Waals surface area contributed by atoms with E-state index in [1.165, 1.54) is 17.2 Å². The molecule has 1 rings (SSSR count). The lowest BCUT2D eigenvalue weighted by atomic mass is 10.3. The molecule has 0 aliphatic heterocycles. The van der Waals surface area contributed by atoms with E-state index in [1.54, 1.807) is 14.1 Å². The van der Waals surface area contributed by atoms with Gasteiger partial charge in [0.1, 0.15) is 12.0 Å². The first kappa shape index (κ1) is 14.2. The lowest BCUT2D eigenvalue weighted by molar-refractivity contribution is -0.130. The van der Waals surface area contributed by atoms with Crippen LogP contribution in [0.5, 0.6) is 0 Å². The van der Waals surface area contributed by atoms with E-state index < -0.39 is 5.97 Å². The molecule has 1 N–H and O–H groups in total. The van der Waals surface area contributed by atoms with Gasteiger partial charge < -0.3 is 14.4 Å². The number of furan rings is 1. The van der Waals surface area contributed by atoms with E-state index in [2.05, 4.69) is 0 Å². The molecule has 100 valence electrons. The normalized spacial score (nSPS) is 10.7. The average Bonchev–Trinajstić information content (AvgIpc) is 2.76. The van der Waals surface area contributed by atoms with Crippen molar-refractivity contribution >= 4 is 11.9 Å². The molecule has 0 aliphatic rings. The smallest absolute Gasteiger partial charge is 0.338 e. The van der Waals surface area contributed by atoms with Crippen LogP contribution in [-0.2, 0) is 11.3 Å². The lowest BCUT2D eigenvalue weighted by Crippen LogP contribution is -2.36. The number of nitrogens with zero attached hydrogens (tertiary/aromatic N) is 2. The number of carbonyl (C=O) groups is 2. The van der Waals surface area contributed by atoms with Crippen LogP contribution in [0.4, 0.5) is 0 Å². The van der Waals surface area contributed by atoms with Crippen LogP contribution in [0.25, 0.3) is 0 Å². The Kier molecular flexibility index (Phi) is 4.91. The molecule has 0 radical (unpaired) electrons. The molecule has 0 atom stereocenters. The topological polar surface area (TPSA) is 74.0 Å². The van der Waals surface area contributed by atoms with Gasteiger partial charge in [0.2, 0.25) is 5.91 Å². The molecule has 1 amide bonds. The summed E-state index contributed by atoms with van der Waals surface area (Å²) in [4.78, 5) is 25.7. The van der Waals surface area contributed by atoms with Gasteiger partial charge in [-0.25, -0.2) is 4.79 Å². The standard InChI is InChI=1S/C12H18N2O4/c1-4-14(7-11(15)13(2)3)6-10-5-9(8-18-10)12(16)17/h5,8H,4,6-7H2,1-3H3,(H,16,17). The predicted octanol–water partition coefficient (Wildman–Crippen LogP) is 0.888. The zero-order chi connectivity index (χ0) is 13.7. The number of rotatable bonds is 6. The van der Waals surface area contributed by atoms with Gasteiger partial charge in [-0.3, -0.25) is 9.69 Å². The van der Waals surface area contributed by atoms with Crippen molar-refractivity contribution in [1.29, 1.82) is 0 Å². The SMILES string of the molecule is CCN(CC(=O)N(C)C)Cc1cc(C(=O)O)co1. The van der Waals surface area contributed by atoms with Crippen LogP contribution in [0.15, 0.2) is 16.7 Å². The zero-order valence-corrected chi connectivity index (χ0v) is 10.8. The van der Waals surface area contributed by atoms with Crippen LogP contribution < -0.4 is 0 Å². The largest absolute Gasteiger partial charge is 0.478 e. The summed E-state index contributed by atoms with van der Waals surface area (Å²) < 4.78 is 5.15. The molecule has 0 unspecified atom stereocenters. The highest BCUT2D eigenvalue weighted by molar-refractivity contribution is 5.87. The number of amides is 1. The number of carbonyl (C=O) groups excluding carboxylic acids is 1. The van der Waals surface area contributed by atoms with E-state index in [1.807, 2.05) is 11.8 Å².